The van der Waals surface area contributed by atoms with Gasteiger partial charge in [0.2, 0.25) is 0 Å². The summed E-state index contributed by atoms with van der Waals surface area (Å²) in [5, 5.41) is 3.61. The highest BCUT2D eigenvalue weighted by Crippen LogP contribution is 2.22. The molecule has 0 fully saturated rings. The first-order chi connectivity index (χ1) is 10.2. The number of benzene rings is 1. The SMILES string of the molecule is COc1ccc(CC(C)NCCC2=CCCCC2)cc1N. The summed E-state index contributed by atoms with van der Waals surface area (Å²) >= 11 is 0. The predicted octanol–water partition coefficient (Wildman–Crippen LogP) is 3.69. The molecule has 3 heteroatoms. The van der Waals surface area contributed by atoms with Gasteiger partial charge >= 0.3 is 0 Å². The fourth-order valence-corrected chi connectivity index (χ4v) is 2.95. The monoisotopic (exact) mass is 288 g/mol. The molecule has 0 amide bonds. The Morgan fingerprint density at radius 1 is 1.33 bits per heavy atom. The zero-order valence-corrected chi connectivity index (χ0v) is 13.3. The van der Waals surface area contributed by atoms with E-state index in [0.717, 1.165) is 24.4 Å². The second-order valence-electron chi connectivity index (χ2n) is 5.99. The number of rotatable bonds is 7. The van der Waals surface area contributed by atoms with Gasteiger partial charge in [0.25, 0.3) is 0 Å². The first-order valence-corrected chi connectivity index (χ1v) is 8.02. The molecule has 1 aliphatic carbocycles. The highest BCUT2D eigenvalue weighted by Gasteiger charge is 2.07. The minimum Gasteiger partial charge on any atom is -0.495 e. The Morgan fingerprint density at radius 2 is 2.19 bits per heavy atom. The fourth-order valence-electron chi connectivity index (χ4n) is 2.95. The summed E-state index contributed by atoms with van der Waals surface area (Å²) in [6, 6.07) is 6.52. The zero-order valence-electron chi connectivity index (χ0n) is 13.3. The van der Waals surface area contributed by atoms with E-state index in [2.05, 4.69) is 24.4 Å². The molecule has 3 nitrogen and oxygen atoms in total. The number of ether oxygens (including phenoxy) is 1. The van der Waals surface area contributed by atoms with E-state index in [1.165, 1.54) is 37.7 Å². The van der Waals surface area contributed by atoms with Gasteiger partial charge in [-0.05, 0) is 69.7 Å². The van der Waals surface area contributed by atoms with Crippen LogP contribution < -0.4 is 15.8 Å². The van der Waals surface area contributed by atoms with Crippen LogP contribution in [0.25, 0.3) is 0 Å². The molecule has 1 aromatic rings. The Kier molecular flexibility index (Phi) is 6.12. The quantitative estimate of drug-likeness (QED) is 0.594. The lowest BCUT2D eigenvalue weighted by molar-refractivity contribution is 0.416. The van der Waals surface area contributed by atoms with Gasteiger partial charge in [0.05, 0.1) is 12.8 Å². The van der Waals surface area contributed by atoms with Crippen molar-refractivity contribution in [1.29, 1.82) is 0 Å². The second kappa shape index (κ2) is 8.08. The van der Waals surface area contributed by atoms with Crippen LogP contribution in [0.4, 0.5) is 5.69 Å². The van der Waals surface area contributed by atoms with Crippen molar-refractivity contribution in [2.45, 2.75) is 51.5 Å². The van der Waals surface area contributed by atoms with Crippen LogP contribution in [-0.2, 0) is 6.42 Å². The topological polar surface area (TPSA) is 47.3 Å². The lowest BCUT2D eigenvalue weighted by atomic mass is 9.97. The highest BCUT2D eigenvalue weighted by atomic mass is 16.5. The van der Waals surface area contributed by atoms with Crippen LogP contribution >= 0.6 is 0 Å². The summed E-state index contributed by atoms with van der Waals surface area (Å²) in [4.78, 5) is 0. The number of allylic oxidation sites excluding steroid dienone is 1. The number of nitrogens with two attached hydrogens (primary N) is 1. The van der Waals surface area contributed by atoms with Crippen LogP contribution in [0, 0.1) is 0 Å². The molecule has 1 aliphatic rings. The molecule has 0 bridgehead atoms. The number of anilines is 1. The van der Waals surface area contributed by atoms with Crippen molar-refractivity contribution in [2.24, 2.45) is 0 Å². The molecule has 1 atom stereocenters. The highest BCUT2D eigenvalue weighted by molar-refractivity contribution is 5.54. The van der Waals surface area contributed by atoms with E-state index in [1.807, 2.05) is 12.1 Å². The first-order valence-electron chi connectivity index (χ1n) is 8.02. The summed E-state index contributed by atoms with van der Waals surface area (Å²) in [7, 11) is 1.65. The van der Waals surface area contributed by atoms with Crippen LogP contribution in [0.1, 0.15) is 44.6 Å². The minimum absolute atomic E-state index is 0.460. The number of hydrogen-bond acceptors (Lipinski definition) is 3. The third kappa shape index (κ3) is 5.09. The molecule has 2 rings (SSSR count). The maximum atomic E-state index is 5.95. The van der Waals surface area contributed by atoms with Crippen molar-refractivity contribution in [2.75, 3.05) is 19.4 Å². The van der Waals surface area contributed by atoms with Crippen LogP contribution in [0.3, 0.4) is 0 Å². The largest absolute Gasteiger partial charge is 0.495 e. The molecule has 116 valence electrons. The van der Waals surface area contributed by atoms with Gasteiger partial charge < -0.3 is 15.8 Å². The van der Waals surface area contributed by atoms with Crippen molar-refractivity contribution >= 4 is 5.69 Å². The van der Waals surface area contributed by atoms with Crippen molar-refractivity contribution in [1.82, 2.24) is 5.32 Å². The predicted molar refractivity (Wildman–Crippen MR) is 89.7 cm³/mol. The normalized spacial score (nSPS) is 16.4. The Morgan fingerprint density at radius 3 is 2.86 bits per heavy atom. The first kappa shape index (κ1) is 15.9. The molecule has 1 aromatic carbocycles. The van der Waals surface area contributed by atoms with Gasteiger partial charge in [-0.2, -0.15) is 0 Å². The summed E-state index contributed by atoms with van der Waals surface area (Å²) in [6.07, 6.45) is 9.92. The number of nitrogen functional groups attached to an aromatic ring is 1. The molecular formula is C18H28N2O. The van der Waals surface area contributed by atoms with E-state index >= 15 is 0 Å². The third-order valence-corrected chi connectivity index (χ3v) is 4.16. The second-order valence-corrected chi connectivity index (χ2v) is 5.99. The molecule has 21 heavy (non-hydrogen) atoms. The average molecular weight is 288 g/mol. The smallest absolute Gasteiger partial charge is 0.141 e. The summed E-state index contributed by atoms with van der Waals surface area (Å²) < 4.78 is 5.19. The van der Waals surface area contributed by atoms with E-state index in [1.54, 1.807) is 12.7 Å². The molecule has 0 heterocycles. The van der Waals surface area contributed by atoms with Crippen LogP contribution in [0.2, 0.25) is 0 Å². The molecule has 0 radical (unpaired) electrons. The lowest BCUT2D eigenvalue weighted by Crippen LogP contribution is -2.29. The van der Waals surface area contributed by atoms with E-state index in [0.29, 0.717) is 6.04 Å². The number of hydrogen-bond donors (Lipinski definition) is 2. The van der Waals surface area contributed by atoms with E-state index in [9.17, 15) is 0 Å². The van der Waals surface area contributed by atoms with E-state index < -0.39 is 0 Å². The lowest BCUT2D eigenvalue weighted by Gasteiger charge is -2.17. The van der Waals surface area contributed by atoms with Gasteiger partial charge in [-0.3, -0.25) is 0 Å². The Hall–Kier alpha value is -1.48. The van der Waals surface area contributed by atoms with Crippen LogP contribution in [-0.4, -0.2) is 19.7 Å². The molecule has 1 unspecified atom stereocenters. The summed E-state index contributed by atoms with van der Waals surface area (Å²) in [6.45, 7) is 3.30. The molecule has 0 saturated carbocycles. The Bertz CT molecular complexity index is 482. The van der Waals surface area contributed by atoms with E-state index in [-0.39, 0.29) is 0 Å². The standard InChI is InChI=1S/C18H28N2O/c1-14(20-11-10-15-6-4-3-5-7-15)12-16-8-9-18(21-2)17(19)13-16/h6,8-9,13-14,20H,3-5,7,10-12,19H2,1-2H3. The zero-order chi connectivity index (χ0) is 15.1. The summed E-state index contributed by atoms with van der Waals surface area (Å²) in [5.41, 5.74) is 9.56. The van der Waals surface area contributed by atoms with Gasteiger partial charge in [0.15, 0.2) is 0 Å². The molecule has 0 saturated heterocycles. The van der Waals surface area contributed by atoms with Crippen molar-refractivity contribution in [3.05, 3.63) is 35.4 Å². The Balaban J connectivity index is 1.75. The molecular weight excluding hydrogens is 260 g/mol. The van der Waals surface area contributed by atoms with Gasteiger partial charge in [0.1, 0.15) is 5.75 Å². The van der Waals surface area contributed by atoms with Gasteiger partial charge in [0, 0.05) is 6.04 Å². The maximum Gasteiger partial charge on any atom is 0.141 e. The third-order valence-electron chi connectivity index (χ3n) is 4.16. The molecule has 0 aliphatic heterocycles. The minimum atomic E-state index is 0.460. The van der Waals surface area contributed by atoms with Crippen molar-refractivity contribution in [3.63, 3.8) is 0 Å². The van der Waals surface area contributed by atoms with Crippen LogP contribution in [0.15, 0.2) is 29.8 Å². The van der Waals surface area contributed by atoms with Crippen molar-refractivity contribution in [3.8, 4) is 5.75 Å². The number of methoxy groups -OCH3 is 1. The molecule has 0 spiro atoms. The van der Waals surface area contributed by atoms with Gasteiger partial charge in [-0.1, -0.05) is 17.7 Å². The van der Waals surface area contributed by atoms with Gasteiger partial charge in [-0.15, -0.1) is 0 Å². The van der Waals surface area contributed by atoms with Crippen LogP contribution in [0.5, 0.6) is 5.75 Å². The summed E-state index contributed by atoms with van der Waals surface area (Å²) in [5.74, 6) is 0.753. The maximum absolute atomic E-state index is 5.95. The van der Waals surface area contributed by atoms with Gasteiger partial charge in [-0.25, -0.2) is 0 Å². The fraction of sp³-hybridized carbons (Fsp3) is 0.556. The number of nitrogens with one attached hydrogen (secondary N) is 1. The molecule has 3 N–H and O–H groups in total. The molecule has 0 aromatic heterocycles. The Labute approximate surface area is 128 Å². The van der Waals surface area contributed by atoms with E-state index in [4.69, 9.17) is 10.5 Å². The van der Waals surface area contributed by atoms with Crippen molar-refractivity contribution < 1.29 is 4.74 Å². The average Bonchev–Trinajstić information content (AvgIpc) is 2.48.